The summed E-state index contributed by atoms with van der Waals surface area (Å²) in [6.07, 6.45) is -6.70. The third kappa shape index (κ3) is 3.55. The lowest BCUT2D eigenvalue weighted by atomic mass is 9.98. The van der Waals surface area contributed by atoms with Crippen molar-refractivity contribution in [1.82, 2.24) is 9.97 Å². The van der Waals surface area contributed by atoms with Crippen molar-refractivity contribution < 1.29 is 31.5 Å². The summed E-state index contributed by atoms with van der Waals surface area (Å²) in [5.74, 6) is 0.259. The molecular formula is C19H17F5N5O2P. The lowest BCUT2D eigenvalue weighted by molar-refractivity contribution is -0.137. The van der Waals surface area contributed by atoms with Crippen LogP contribution in [0.3, 0.4) is 0 Å². The summed E-state index contributed by atoms with van der Waals surface area (Å²) < 4.78 is 74.3. The number of nitrogens with two attached hydrogens (primary N) is 1. The van der Waals surface area contributed by atoms with Crippen LogP contribution in [0.4, 0.5) is 38.4 Å². The Balaban J connectivity index is 1.65. The SMILES string of the molecule is NC1C2CN(c3cc(C(F)(F)F)cc(-c4ccnc5c4[C@H](C(F)(F)P)OC(=O)N5)n3)C[C@@H]12. The van der Waals surface area contributed by atoms with Gasteiger partial charge in [0, 0.05) is 30.9 Å². The maximum Gasteiger partial charge on any atom is 0.416 e. The molecule has 0 spiro atoms. The van der Waals surface area contributed by atoms with Gasteiger partial charge in [0.1, 0.15) is 11.6 Å². The second-order valence-corrected chi connectivity index (χ2v) is 8.88. The van der Waals surface area contributed by atoms with Crippen LogP contribution in [0.5, 0.6) is 0 Å². The summed E-state index contributed by atoms with van der Waals surface area (Å²) in [4.78, 5) is 21.7. The van der Waals surface area contributed by atoms with Crippen LogP contribution in [0.25, 0.3) is 11.3 Å². The Labute approximate surface area is 180 Å². The summed E-state index contributed by atoms with van der Waals surface area (Å²) >= 11 is 0. The van der Waals surface area contributed by atoms with E-state index in [0.29, 0.717) is 13.1 Å². The molecule has 0 radical (unpaired) electrons. The molecule has 2 aromatic rings. The normalized spacial score (nSPS) is 26.8. The van der Waals surface area contributed by atoms with Gasteiger partial charge >= 0.3 is 12.3 Å². The molecule has 3 unspecified atom stereocenters. The number of ether oxygens (including phenoxy) is 1. The Kier molecular flexibility index (Phi) is 4.62. The number of nitrogens with one attached hydrogen (secondary N) is 1. The first-order valence-electron chi connectivity index (χ1n) is 9.67. The number of aromatic nitrogens is 2. The zero-order chi connectivity index (χ0) is 23.0. The number of piperidine rings is 1. The highest BCUT2D eigenvalue weighted by molar-refractivity contribution is 7.18. The molecule has 1 saturated heterocycles. The summed E-state index contributed by atoms with van der Waals surface area (Å²) in [6.45, 7) is 0.943. The zero-order valence-electron chi connectivity index (χ0n) is 16.2. The number of amides is 1. The van der Waals surface area contributed by atoms with E-state index in [1.54, 1.807) is 4.90 Å². The first-order valence-corrected chi connectivity index (χ1v) is 10.2. The molecule has 1 saturated carbocycles. The van der Waals surface area contributed by atoms with Crippen molar-refractivity contribution in [3.63, 3.8) is 0 Å². The van der Waals surface area contributed by atoms with Gasteiger partial charge in [0.05, 0.1) is 16.8 Å². The fraction of sp³-hybridized carbons (Fsp3) is 0.421. The molecule has 7 nitrogen and oxygen atoms in total. The summed E-state index contributed by atoms with van der Waals surface area (Å²) in [5.41, 5.74) is 0.872. The van der Waals surface area contributed by atoms with Gasteiger partial charge in [0.2, 0.25) is 0 Å². The number of alkyl halides is 5. The number of cyclic esters (lactones) is 1. The van der Waals surface area contributed by atoms with Crippen molar-refractivity contribution in [3.8, 4) is 11.3 Å². The van der Waals surface area contributed by atoms with Crippen LogP contribution in [0.1, 0.15) is 17.2 Å². The minimum atomic E-state index is -4.69. The van der Waals surface area contributed by atoms with Gasteiger partial charge in [-0.1, -0.05) is 9.24 Å². The van der Waals surface area contributed by atoms with Crippen LogP contribution in [-0.4, -0.2) is 40.9 Å². The quantitative estimate of drug-likeness (QED) is 0.523. The highest BCUT2D eigenvalue weighted by atomic mass is 31.0. The highest BCUT2D eigenvalue weighted by Crippen LogP contribution is 2.49. The molecule has 5 atom stereocenters. The van der Waals surface area contributed by atoms with Crippen LogP contribution >= 0.6 is 9.24 Å². The smallest absolute Gasteiger partial charge is 0.416 e. The van der Waals surface area contributed by atoms with E-state index in [1.165, 1.54) is 21.5 Å². The minimum absolute atomic E-state index is 0.0366. The Morgan fingerprint density at radius 3 is 2.50 bits per heavy atom. The third-order valence-corrected chi connectivity index (χ3v) is 6.35. The number of halogens is 5. The molecule has 2 aromatic heterocycles. The predicted molar refractivity (Wildman–Crippen MR) is 107 cm³/mol. The van der Waals surface area contributed by atoms with Gasteiger partial charge in [-0.3, -0.25) is 5.32 Å². The van der Waals surface area contributed by atoms with Crippen LogP contribution in [-0.2, 0) is 10.9 Å². The second-order valence-electron chi connectivity index (χ2n) is 8.11. The van der Waals surface area contributed by atoms with Crippen molar-refractivity contribution in [3.05, 3.63) is 35.5 Å². The average Bonchev–Trinajstić information content (AvgIpc) is 3.11. The molecule has 3 aliphatic rings. The first kappa shape index (κ1) is 21.3. The number of hydrogen-bond donors (Lipinski definition) is 2. The lowest BCUT2D eigenvalue weighted by Crippen LogP contribution is -2.33. The first-order chi connectivity index (χ1) is 14.9. The maximum absolute atomic E-state index is 14.2. The van der Waals surface area contributed by atoms with Crippen molar-refractivity contribution in [2.24, 2.45) is 17.6 Å². The lowest BCUT2D eigenvalue weighted by Gasteiger charge is -2.31. The summed E-state index contributed by atoms with van der Waals surface area (Å²) in [7, 11) is 1.28. The van der Waals surface area contributed by atoms with Gasteiger partial charge in [-0.05, 0) is 30.0 Å². The minimum Gasteiger partial charge on any atom is -0.434 e. The molecule has 0 bridgehead atoms. The number of anilines is 2. The molecule has 13 heteroatoms. The van der Waals surface area contributed by atoms with Crippen LogP contribution in [0.15, 0.2) is 24.4 Å². The number of carbonyl (C=O) groups excluding carboxylic acids is 1. The standard InChI is InChI=1S/C19H17F5N5O2P/c20-18(21,22)7-3-11(27-12(4-7)29-5-9-10(6-29)14(9)25)8-1-2-26-16-13(8)15(19(23,24)32)31-17(30)28-16/h1-4,9-10,14-15H,5-6,25,32H2,(H,26,28,30)/t9-,10?,14?,15-/m1/s1. The van der Waals surface area contributed by atoms with E-state index in [0.717, 1.165) is 12.1 Å². The molecular weight excluding hydrogens is 456 g/mol. The van der Waals surface area contributed by atoms with E-state index < -0.39 is 29.6 Å². The summed E-state index contributed by atoms with van der Waals surface area (Å²) in [5, 5.41) is 2.21. The van der Waals surface area contributed by atoms with Crippen molar-refractivity contribution in [2.45, 2.75) is 24.0 Å². The van der Waals surface area contributed by atoms with Crippen molar-refractivity contribution in [1.29, 1.82) is 0 Å². The zero-order valence-corrected chi connectivity index (χ0v) is 17.4. The topological polar surface area (TPSA) is 93.4 Å². The predicted octanol–water partition coefficient (Wildman–Crippen LogP) is 3.63. The third-order valence-electron chi connectivity index (χ3n) is 6.05. The molecule has 4 heterocycles. The molecule has 32 heavy (non-hydrogen) atoms. The molecule has 2 aliphatic heterocycles. The van der Waals surface area contributed by atoms with E-state index in [-0.39, 0.29) is 46.3 Å². The van der Waals surface area contributed by atoms with Crippen molar-refractivity contribution in [2.75, 3.05) is 23.3 Å². The van der Waals surface area contributed by atoms with E-state index in [4.69, 9.17) is 10.5 Å². The molecule has 5 rings (SSSR count). The van der Waals surface area contributed by atoms with E-state index in [2.05, 4.69) is 15.3 Å². The average molecular weight is 473 g/mol. The van der Waals surface area contributed by atoms with Gasteiger partial charge in [-0.15, -0.1) is 0 Å². The molecule has 170 valence electrons. The van der Waals surface area contributed by atoms with Crippen molar-refractivity contribution >= 4 is 27.0 Å². The van der Waals surface area contributed by atoms with E-state index in [1.807, 2.05) is 0 Å². The number of fused-ring (bicyclic) bond motifs is 2. The number of nitrogens with zero attached hydrogens (tertiary/aromatic N) is 3. The number of hydrogen-bond acceptors (Lipinski definition) is 6. The van der Waals surface area contributed by atoms with Crippen LogP contribution < -0.4 is 16.0 Å². The maximum atomic E-state index is 14.2. The second kappa shape index (κ2) is 6.95. The molecule has 3 N–H and O–H groups in total. The van der Waals surface area contributed by atoms with E-state index in [9.17, 15) is 26.7 Å². The fourth-order valence-electron chi connectivity index (χ4n) is 4.36. The number of rotatable bonds is 3. The van der Waals surface area contributed by atoms with E-state index >= 15 is 0 Å². The fourth-order valence-corrected chi connectivity index (χ4v) is 4.60. The molecule has 0 aromatic carbocycles. The van der Waals surface area contributed by atoms with Gasteiger partial charge < -0.3 is 15.4 Å². The van der Waals surface area contributed by atoms with Crippen LogP contribution in [0.2, 0.25) is 0 Å². The highest BCUT2D eigenvalue weighted by Gasteiger charge is 2.54. The Bertz CT molecular complexity index is 1100. The largest absolute Gasteiger partial charge is 0.434 e. The Hall–Kier alpha value is -2.59. The molecule has 1 amide bonds. The van der Waals surface area contributed by atoms with Gasteiger partial charge in [0.25, 0.3) is 5.66 Å². The number of pyridine rings is 2. The monoisotopic (exact) mass is 473 g/mol. The molecule has 2 fully saturated rings. The Morgan fingerprint density at radius 1 is 1.19 bits per heavy atom. The van der Waals surface area contributed by atoms with Gasteiger partial charge in [0.15, 0.2) is 6.10 Å². The van der Waals surface area contributed by atoms with Gasteiger partial charge in [-0.2, -0.15) is 22.0 Å². The number of carbonyl (C=O) groups is 1. The Morgan fingerprint density at radius 2 is 1.88 bits per heavy atom. The van der Waals surface area contributed by atoms with Gasteiger partial charge in [-0.25, -0.2) is 14.8 Å². The summed E-state index contributed by atoms with van der Waals surface area (Å²) in [6, 6.07) is 3.03. The van der Waals surface area contributed by atoms with Crippen LogP contribution in [0, 0.1) is 11.8 Å². The molecule has 1 aliphatic carbocycles.